The van der Waals surface area contributed by atoms with Crippen LogP contribution in [-0.4, -0.2) is 46.1 Å². The molecule has 1 amide bonds. The summed E-state index contributed by atoms with van der Waals surface area (Å²) in [5.74, 6) is 0.233. The van der Waals surface area contributed by atoms with Gasteiger partial charge in [-0.25, -0.2) is 13.5 Å². The van der Waals surface area contributed by atoms with Gasteiger partial charge in [-0.1, -0.05) is 0 Å². The standard InChI is InChI=1S/C13H20F2N4O/c1-4-18(5-2)13(20)9-7-16-19-10(11(14)15)6-8(3)17-12(9)19/h7-8,10-11,17H,4-6H2,1-3H3/t8-,10-/m0/s1. The number of rotatable bonds is 4. The molecule has 1 aliphatic heterocycles. The van der Waals surface area contributed by atoms with Crippen molar-refractivity contribution in [3.63, 3.8) is 0 Å². The zero-order valence-electron chi connectivity index (χ0n) is 11.9. The van der Waals surface area contributed by atoms with Gasteiger partial charge in [-0.2, -0.15) is 5.10 Å². The molecule has 112 valence electrons. The molecule has 0 radical (unpaired) electrons. The molecule has 0 aromatic carbocycles. The summed E-state index contributed by atoms with van der Waals surface area (Å²) >= 11 is 0. The van der Waals surface area contributed by atoms with E-state index < -0.39 is 12.5 Å². The number of halogens is 2. The summed E-state index contributed by atoms with van der Waals surface area (Å²) in [6, 6.07) is -1.08. The maximum Gasteiger partial charge on any atom is 0.260 e. The molecule has 0 aliphatic carbocycles. The van der Waals surface area contributed by atoms with E-state index in [1.54, 1.807) is 4.90 Å². The first kappa shape index (κ1) is 14.7. The molecule has 2 rings (SSSR count). The number of fused-ring (bicyclic) bond motifs is 1. The number of carbonyl (C=O) groups is 1. The first-order valence-corrected chi connectivity index (χ1v) is 6.91. The van der Waals surface area contributed by atoms with Crippen LogP contribution in [0, 0.1) is 0 Å². The first-order chi connectivity index (χ1) is 9.49. The Hall–Kier alpha value is -1.66. The van der Waals surface area contributed by atoms with Crippen molar-refractivity contribution in [2.75, 3.05) is 18.4 Å². The Morgan fingerprint density at radius 2 is 2.20 bits per heavy atom. The number of nitrogens with zero attached hydrogens (tertiary/aromatic N) is 3. The lowest BCUT2D eigenvalue weighted by Crippen LogP contribution is -2.36. The second-order valence-electron chi connectivity index (χ2n) is 5.01. The van der Waals surface area contributed by atoms with Crippen LogP contribution in [0.4, 0.5) is 14.6 Å². The van der Waals surface area contributed by atoms with Crippen molar-refractivity contribution < 1.29 is 13.6 Å². The smallest absolute Gasteiger partial charge is 0.260 e. The van der Waals surface area contributed by atoms with Crippen LogP contribution in [0.15, 0.2) is 6.20 Å². The van der Waals surface area contributed by atoms with E-state index in [1.807, 2.05) is 20.8 Å². The Balaban J connectivity index is 2.37. The largest absolute Gasteiger partial charge is 0.367 e. The molecule has 7 heteroatoms. The Morgan fingerprint density at radius 1 is 1.55 bits per heavy atom. The van der Waals surface area contributed by atoms with Gasteiger partial charge >= 0.3 is 0 Å². The van der Waals surface area contributed by atoms with Gasteiger partial charge in [-0.3, -0.25) is 4.79 Å². The monoisotopic (exact) mass is 286 g/mol. The molecule has 5 nitrogen and oxygen atoms in total. The predicted octanol–water partition coefficient (Wildman–Crippen LogP) is 2.38. The molecule has 0 spiro atoms. The van der Waals surface area contributed by atoms with E-state index >= 15 is 0 Å². The lowest BCUT2D eigenvalue weighted by atomic mass is 10.1. The van der Waals surface area contributed by atoms with Crippen molar-refractivity contribution in [3.8, 4) is 0 Å². The van der Waals surface area contributed by atoms with E-state index in [0.717, 1.165) is 0 Å². The van der Waals surface area contributed by atoms with Gasteiger partial charge in [0.1, 0.15) is 17.4 Å². The quantitative estimate of drug-likeness (QED) is 0.924. The Labute approximate surface area is 116 Å². The molecule has 0 bridgehead atoms. The number of alkyl halides is 2. The van der Waals surface area contributed by atoms with Gasteiger partial charge < -0.3 is 10.2 Å². The molecule has 2 heterocycles. The molecular weight excluding hydrogens is 266 g/mol. The highest BCUT2D eigenvalue weighted by Gasteiger charge is 2.34. The van der Waals surface area contributed by atoms with Gasteiger partial charge in [-0.15, -0.1) is 0 Å². The van der Waals surface area contributed by atoms with E-state index in [0.29, 0.717) is 30.9 Å². The second kappa shape index (κ2) is 5.76. The predicted molar refractivity (Wildman–Crippen MR) is 72.2 cm³/mol. The van der Waals surface area contributed by atoms with Crippen LogP contribution >= 0.6 is 0 Å². The Kier molecular flexibility index (Phi) is 4.25. The minimum Gasteiger partial charge on any atom is -0.367 e. The lowest BCUT2D eigenvalue weighted by Gasteiger charge is -2.30. The van der Waals surface area contributed by atoms with Crippen LogP contribution in [0.3, 0.4) is 0 Å². The van der Waals surface area contributed by atoms with Crippen molar-refractivity contribution in [1.82, 2.24) is 14.7 Å². The third kappa shape index (κ3) is 2.48. The third-order valence-corrected chi connectivity index (χ3v) is 3.66. The highest BCUT2D eigenvalue weighted by molar-refractivity contribution is 5.98. The second-order valence-corrected chi connectivity index (χ2v) is 5.01. The topological polar surface area (TPSA) is 50.2 Å². The van der Waals surface area contributed by atoms with Crippen molar-refractivity contribution >= 4 is 11.7 Å². The summed E-state index contributed by atoms with van der Waals surface area (Å²) in [5.41, 5.74) is 0.367. The van der Waals surface area contributed by atoms with Gasteiger partial charge in [0.05, 0.1) is 6.20 Å². The summed E-state index contributed by atoms with van der Waals surface area (Å²) in [6.07, 6.45) is -0.809. The molecule has 1 aromatic rings. The number of nitrogens with one attached hydrogen (secondary N) is 1. The summed E-state index contributed by atoms with van der Waals surface area (Å²) in [7, 11) is 0. The minimum atomic E-state index is -2.49. The average molecular weight is 286 g/mol. The van der Waals surface area contributed by atoms with Crippen LogP contribution in [-0.2, 0) is 0 Å². The van der Waals surface area contributed by atoms with Crippen LogP contribution in [0.25, 0.3) is 0 Å². The van der Waals surface area contributed by atoms with Crippen LogP contribution in [0.2, 0.25) is 0 Å². The molecule has 0 saturated carbocycles. The average Bonchev–Trinajstić information content (AvgIpc) is 2.82. The normalized spacial score (nSPS) is 21.5. The molecule has 20 heavy (non-hydrogen) atoms. The highest BCUT2D eigenvalue weighted by Crippen LogP contribution is 2.33. The molecule has 1 aromatic heterocycles. The Bertz CT molecular complexity index is 485. The molecular formula is C13H20F2N4O. The van der Waals surface area contributed by atoms with E-state index in [9.17, 15) is 13.6 Å². The Morgan fingerprint density at radius 3 is 2.75 bits per heavy atom. The highest BCUT2D eigenvalue weighted by atomic mass is 19.3. The minimum absolute atomic E-state index is 0.110. The van der Waals surface area contributed by atoms with Gasteiger partial charge in [0, 0.05) is 19.1 Å². The van der Waals surface area contributed by atoms with Crippen molar-refractivity contribution in [3.05, 3.63) is 11.8 Å². The molecule has 2 atom stereocenters. The summed E-state index contributed by atoms with van der Waals surface area (Å²) in [4.78, 5) is 14.0. The molecule has 0 unspecified atom stereocenters. The molecule has 0 saturated heterocycles. The van der Waals surface area contributed by atoms with Crippen LogP contribution < -0.4 is 5.32 Å². The van der Waals surface area contributed by atoms with Gasteiger partial charge in [0.15, 0.2) is 0 Å². The van der Waals surface area contributed by atoms with Gasteiger partial charge in [0.25, 0.3) is 12.3 Å². The van der Waals surface area contributed by atoms with E-state index in [-0.39, 0.29) is 11.9 Å². The number of amides is 1. The zero-order valence-corrected chi connectivity index (χ0v) is 11.9. The fourth-order valence-corrected chi connectivity index (χ4v) is 2.56. The fraction of sp³-hybridized carbons (Fsp3) is 0.692. The first-order valence-electron chi connectivity index (χ1n) is 6.91. The summed E-state index contributed by atoms with van der Waals surface area (Å²) in [6.45, 7) is 6.75. The van der Waals surface area contributed by atoms with Gasteiger partial charge in [-0.05, 0) is 27.2 Å². The van der Waals surface area contributed by atoms with Crippen molar-refractivity contribution in [2.45, 2.75) is 45.7 Å². The molecule has 1 N–H and O–H groups in total. The summed E-state index contributed by atoms with van der Waals surface area (Å²) < 4.78 is 27.4. The fourth-order valence-electron chi connectivity index (χ4n) is 2.56. The van der Waals surface area contributed by atoms with E-state index in [4.69, 9.17) is 0 Å². The number of anilines is 1. The third-order valence-electron chi connectivity index (χ3n) is 3.66. The number of hydrogen-bond donors (Lipinski definition) is 1. The van der Waals surface area contributed by atoms with E-state index in [1.165, 1.54) is 10.9 Å². The van der Waals surface area contributed by atoms with E-state index in [2.05, 4.69) is 10.4 Å². The zero-order chi connectivity index (χ0) is 14.9. The lowest BCUT2D eigenvalue weighted by molar-refractivity contribution is 0.0663. The number of carbonyl (C=O) groups excluding carboxylic acids is 1. The van der Waals surface area contributed by atoms with Crippen LogP contribution in [0.5, 0.6) is 0 Å². The molecule has 1 aliphatic rings. The maximum atomic E-state index is 13.1. The summed E-state index contributed by atoms with van der Waals surface area (Å²) in [5, 5.41) is 7.09. The van der Waals surface area contributed by atoms with Crippen LogP contribution in [0.1, 0.15) is 43.6 Å². The van der Waals surface area contributed by atoms with Crippen molar-refractivity contribution in [2.24, 2.45) is 0 Å². The SMILES string of the molecule is CCN(CC)C(=O)c1cnn2c1N[C@@H](C)C[C@H]2C(F)F. The number of aromatic nitrogens is 2. The maximum absolute atomic E-state index is 13.1. The molecule has 0 fully saturated rings. The van der Waals surface area contributed by atoms with Gasteiger partial charge in [0.2, 0.25) is 0 Å². The van der Waals surface area contributed by atoms with Crippen molar-refractivity contribution in [1.29, 1.82) is 0 Å². The number of hydrogen-bond acceptors (Lipinski definition) is 3.